The number of hydrogen-bond donors (Lipinski definition) is 1. The largest absolute Gasteiger partial charge is 0.376 e. The number of amides is 1. The molecule has 0 atom stereocenters. The normalized spacial score (nSPS) is 16.9. The van der Waals surface area contributed by atoms with Gasteiger partial charge in [-0.3, -0.25) is 4.79 Å². The number of piperazine rings is 1. The summed E-state index contributed by atoms with van der Waals surface area (Å²) in [5.74, 6) is 0.187. The maximum atomic E-state index is 12.3. The van der Waals surface area contributed by atoms with E-state index in [1.807, 2.05) is 17.0 Å². The first-order valence-corrected chi connectivity index (χ1v) is 7.67. The summed E-state index contributed by atoms with van der Waals surface area (Å²) in [5, 5.41) is 3.32. The SMILES string of the molecule is CN1CCN(C(=O)CNc2ccccc2C(C)(C)C)CC1. The molecule has 0 unspecified atom stereocenters. The summed E-state index contributed by atoms with van der Waals surface area (Å²) in [6, 6.07) is 8.24. The van der Waals surface area contributed by atoms with Crippen LogP contribution >= 0.6 is 0 Å². The molecule has 1 aliphatic heterocycles. The average Bonchev–Trinajstić information content (AvgIpc) is 2.45. The Hall–Kier alpha value is -1.55. The number of benzene rings is 1. The molecule has 1 aromatic carbocycles. The molecule has 1 amide bonds. The molecule has 116 valence electrons. The summed E-state index contributed by atoms with van der Waals surface area (Å²) in [7, 11) is 2.10. The van der Waals surface area contributed by atoms with E-state index in [0.717, 1.165) is 31.9 Å². The third-order valence-electron chi connectivity index (χ3n) is 4.02. The molecule has 4 heteroatoms. The summed E-state index contributed by atoms with van der Waals surface area (Å²) in [5.41, 5.74) is 2.38. The Balaban J connectivity index is 1.96. The van der Waals surface area contributed by atoms with Gasteiger partial charge in [0.1, 0.15) is 0 Å². The molecule has 1 heterocycles. The molecule has 0 spiro atoms. The van der Waals surface area contributed by atoms with Gasteiger partial charge < -0.3 is 15.1 Å². The monoisotopic (exact) mass is 289 g/mol. The Morgan fingerprint density at radius 1 is 1.14 bits per heavy atom. The van der Waals surface area contributed by atoms with Crippen LogP contribution < -0.4 is 5.32 Å². The van der Waals surface area contributed by atoms with Crippen molar-refractivity contribution in [3.63, 3.8) is 0 Å². The molecule has 4 nitrogen and oxygen atoms in total. The number of rotatable bonds is 3. The second-order valence-corrected chi connectivity index (χ2v) is 6.83. The Kier molecular flexibility index (Phi) is 4.88. The quantitative estimate of drug-likeness (QED) is 0.926. The van der Waals surface area contributed by atoms with Gasteiger partial charge in [-0.05, 0) is 24.1 Å². The lowest BCUT2D eigenvalue weighted by atomic mass is 9.86. The van der Waals surface area contributed by atoms with Gasteiger partial charge in [0.2, 0.25) is 5.91 Å². The molecule has 0 saturated carbocycles. The minimum Gasteiger partial charge on any atom is -0.376 e. The fraction of sp³-hybridized carbons (Fsp3) is 0.588. The lowest BCUT2D eigenvalue weighted by molar-refractivity contribution is -0.130. The first-order valence-electron chi connectivity index (χ1n) is 7.67. The van der Waals surface area contributed by atoms with Crippen LogP contribution in [0, 0.1) is 0 Å². The van der Waals surface area contributed by atoms with Gasteiger partial charge in [0.05, 0.1) is 6.54 Å². The molecule has 1 aliphatic rings. The average molecular weight is 289 g/mol. The third kappa shape index (κ3) is 4.21. The van der Waals surface area contributed by atoms with E-state index in [0.29, 0.717) is 6.54 Å². The Bertz CT molecular complexity index is 485. The zero-order valence-electron chi connectivity index (χ0n) is 13.6. The van der Waals surface area contributed by atoms with Crippen molar-refractivity contribution in [2.24, 2.45) is 0 Å². The van der Waals surface area contributed by atoms with Gasteiger partial charge in [-0.2, -0.15) is 0 Å². The fourth-order valence-corrected chi connectivity index (χ4v) is 2.63. The Morgan fingerprint density at radius 2 is 1.76 bits per heavy atom. The van der Waals surface area contributed by atoms with Gasteiger partial charge in [-0.25, -0.2) is 0 Å². The van der Waals surface area contributed by atoms with E-state index in [2.05, 4.69) is 50.2 Å². The van der Waals surface area contributed by atoms with E-state index in [-0.39, 0.29) is 11.3 Å². The fourth-order valence-electron chi connectivity index (χ4n) is 2.63. The van der Waals surface area contributed by atoms with Gasteiger partial charge in [0.15, 0.2) is 0 Å². The maximum absolute atomic E-state index is 12.3. The Labute approximate surface area is 128 Å². The van der Waals surface area contributed by atoms with Gasteiger partial charge >= 0.3 is 0 Å². The number of carbonyl (C=O) groups is 1. The minimum atomic E-state index is 0.0699. The highest BCUT2D eigenvalue weighted by atomic mass is 16.2. The summed E-state index contributed by atoms with van der Waals surface area (Å²) in [6.45, 7) is 10.5. The first kappa shape index (κ1) is 15.8. The zero-order valence-corrected chi connectivity index (χ0v) is 13.6. The molecule has 21 heavy (non-hydrogen) atoms. The van der Waals surface area contributed by atoms with Gasteiger partial charge in [-0.1, -0.05) is 39.0 Å². The summed E-state index contributed by atoms with van der Waals surface area (Å²) >= 11 is 0. The topological polar surface area (TPSA) is 35.6 Å². The first-order chi connectivity index (χ1) is 9.88. The van der Waals surface area contributed by atoms with Gasteiger partial charge in [-0.15, -0.1) is 0 Å². The van der Waals surface area contributed by atoms with Crippen LogP contribution in [0.3, 0.4) is 0 Å². The van der Waals surface area contributed by atoms with Crippen molar-refractivity contribution in [1.29, 1.82) is 0 Å². The second kappa shape index (κ2) is 6.48. The van der Waals surface area contributed by atoms with Crippen LogP contribution in [0.1, 0.15) is 26.3 Å². The predicted octanol–water partition coefficient (Wildman–Crippen LogP) is 2.17. The number of nitrogens with one attached hydrogen (secondary N) is 1. The standard InChI is InChI=1S/C17H27N3O/c1-17(2,3)14-7-5-6-8-15(14)18-13-16(21)20-11-9-19(4)10-12-20/h5-8,18H,9-13H2,1-4H3. The number of nitrogens with zero attached hydrogens (tertiary/aromatic N) is 2. The van der Waals surface area contributed by atoms with Crippen LogP contribution in [-0.2, 0) is 10.2 Å². The van der Waals surface area contributed by atoms with Crippen molar-refractivity contribution < 1.29 is 4.79 Å². The minimum absolute atomic E-state index is 0.0699. The highest BCUT2D eigenvalue weighted by Gasteiger charge is 2.20. The maximum Gasteiger partial charge on any atom is 0.241 e. The van der Waals surface area contributed by atoms with Crippen LogP contribution in [0.15, 0.2) is 24.3 Å². The number of likely N-dealkylation sites (N-methyl/N-ethyl adjacent to an activating group) is 1. The van der Waals surface area contributed by atoms with E-state index in [4.69, 9.17) is 0 Å². The molecule has 1 fully saturated rings. The lowest BCUT2D eigenvalue weighted by Crippen LogP contribution is -2.48. The molecular formula is C17H27N3O. The van der Waals surface area contributed by atoms with E-state index in [1.54, 1.807) is 0 Å². The van der Waals surface area contributed by atoms with Crippen LogP contribution in [0.5, 0.6) is 0 Å². The smallest absolute Gasteiger partial charge is 0.241 e. The van der Waals surface area contributed by atoms with Crippen molar-refractivity contribution in [3.8, 4) is 0 Å². The van der Waals surface area contributed by atoms with Crippen LogP contribution in [0.2, 0.25) is 0 Å². The third-order valence-corrected chi connectivity index (χ3v) is 4.02. The second-order valence-electron chi connectivity index (χ2n) is 6.83. The van der Waals surface area contributed by atoms with Crippen molar-refractivity contribution in [2.75, 3.05) is 45.1 Å². The Morgan fingerprint density at radius 3 is 2.38 bits per heavy atom. The molecule has 2 rings (SSSR count). The van der Waals surface area contributed by atoms with Crippen molar-refractivity contribution in [3.05, 3.63) is 29.8 Å². The van der Waals surface area contributed by atoms with Crippen molar-refractivity contribution >= 4 is 11.6 Å². The lowest BCUT2D eigenvalue weighted by Gasteiger charge is -2.32. The summed E-state index contributed by atoms with van der Waals surface area (Å²) in [4.78, 5) is 16.5. The number of hydrogen-bond acceptors (Lipinski definition) is 3. The van der Waals surface area contributed by atoms with Crippen LogP contribution in [0.4, 0.5) is 5.69 Å². The van der Waals surface area contributed by atoms with Crippen molar-refractivity contribution in [2.45, 2.75) is 26.2 Å². The van der Waals surface area contributed by atoms with E-state index < -0.39 is 0 Å². The summed E-state index contributed by atoms with van der Waals surface area (Å²) in [6.07, 6.45) is 0. The van der Waals surface area contributed by atoms with E-state index >= 15 is 0 Å². The molecular weight excluding hydrogens is 262 g/mol. The predicted molar refractivity (Wildman–Crippen MR) is 87.7 cm³/mol. The zero-order chi connectivity index (χ0) is 15.5. The van der Waals surface area contributed by atoms with E-state index in [1.165, 1.54) is 5.56 Å². The number of anilines is 1. The van der Waals surface area contributed by atoms with Gasteiger partial charge in [0.25, 0.3) is 0 Å². The number of carbonyl (C=O) groups excluding carboxylic acids is 1. The van der Waals surface area contributed by atoms with Crippen LogP contribution in [-0.4, -0.2) is 55.5 Å². The highest BCUT2D eigenvalue weighted by Crippen LogP contribution is 2.29. The molecule has 0 aromatic heterocycles. The van der Waals surface area contributed by atoms with Gasteiger partial charge in [0, 0.05) is 31.9 Å². The molecule has 0 radical (unpaired) electrons. The van der Waals surface area contributed by atoms with Crippen LogP contribution in [0.25, 0.3) is 0 Å². The summed E-state index contributed by atoms with van der Waals surface area (Å²) < 4.78 is 0. The molecule has 0 aliphatic carbocycles. The molecule has 1 N–H and O–H groups in total. The van der Waals surface area contributed by atoms with E-state index in [9.17, 15) is 4.79 Å². The highest BCUT2D eigenvalue weighted by molar-refractivity contribution is 5.81. The molecule has 1 aromatic rings. The van der Waals surface area contributed by atoms with Crippen molar-refractivity contribution in [1.82, 2.24) is 9.80 Å². The number of para-hydroxylation sites is 1. The molecule has 1 saturated heterocycles. The molecule has 0 bridgehead atoms.